The van der Waals surface area contributed by atoms with Crippen molar-refractivity contribution >= 4 is 15.9 Å². The van der Waals surface area contributed by atoms with Crippen LogP contribution >= 0.6 is 0 Å². The zero-order valence-electron chi connectivity index (χ0n) is 14.0. The van der Waals surface area contributed by atoms with Crippen molar-refractivity contribution in [3.05, 3.63) is 29.3 Å². The molecule has 128 valence electrons. The molecule has 6 nitrogen and oxygen atoms in total. The maximum absolute atomic E-state index is 12.8. The molecule has 0 unspecified atom stereocenters. The summed E-state index contributed by atoms with van der Waals surface area (Å²) >= 11 is 0. The Morgan fingerprint density at radius 2 is 1.83 bits per heavy atom. The summed E-state index contributed by atoms with van der Waals surface area (Å²) in [5.74, 6) is -0.238. The number of carbonyl (C=O) groups excluding carboxylic acids is 1. The third-order valence-electron chi connectivity index (χ3n) is 4.21. The van der Waals surface area contributed by atoms with Gasteiger partial charge >= 0.3 is 0 Å². The Kier molecular flexibility index (Phi) is 5.78. The molecule has 1 fully saturated rings. The van der Waals surface area contributed by atoms with E-state index in [1.165, 1.54) is 10.4 Å². The monoisotopic (exact) mass is 339 g/mol. The van der Waals surface area contributed by atoms with Crippen molar-refractivity contribution in [2.75, 3.05) is 39.3 Å². The van der Waals surface area contributed by atoms with Crippen molar-refractivity contribution in [3.8, 4) is 0 Å². The minimum absolute atomic E-state index is 0.189. The van der Waals surface area contributed by atoms with E-state index in [0.717, 1.165) is 25.2 Å². The predicted molar refractivity (Wildman–Crippen MR) is 90.1 cm³/mol. The number of amides is 1. The van der Waals surface area contributed by atoms with Crippen LogP contribution in [-0.4, -0.2) is 62.8 Å². The number of hydrogen-bond donors (Lipinski definition) is 1. The van der Waals surface area contributed by atoms with Crippen molar-refractivity contribution in [1.29, 1.82) is 0 Å². The van der Waals surface area contributed by atoms with Gasteiger partial charge in [0.05, 0.1) is 4.90 Å². The van der Waals surface area contributed by atoms with Crippen LogP contribution in [0.15, 0.2) is 23.1 Å². The van der Waals surface area contributed by atoms with E-state index in [-0.39, 0.29) is 10.8 Å². The second-order valence-corrected chi connectivity index (χ2v) is 7.61. The molecule has 0 atom stereocenters. The van der Waals surface area contributed by atoms with E-state index in [1.807, 2.05) is 6.92 Å². The molecule has 1 amide bonds. The molecule has 0 saturated carbocycles. The van der Waals surface area contributed by atoms with Gasteiger partial charge in [0.25, 0.3) is 5.91 Å². The first kappa shape index (κ1) is 17.9. The zero-order valence-corrected chi connectivity index (χ0v) is 14.8. The summed E-state index contributed by atoms with van der Waals surface area (Å²) in [4.78, 5) is 14.5. The lowest BCUT2D eigenvalue weighted by molar-refractivity contribution is 0.0955. The summed E-state index contributed by atoms with van der Waals surface area (Å²) in [5.41, 5.74) is 1.19. The van der Waals surface area contributed by atoms with Crippen molar-refractivity contribution < 1.29 is 13.2 Å². The van der Waals surface area contributed by atoms with Crippen molar-refractivity contribution in [2.24, 2.45) is 0 Å². The largest absolute Gasteiger partial charge is 0.352 e. The predicted octanol–water partition coefficient (Wildman–Crippen LogP) is 1.07. The first-order valence-electron chi connectivity index (χ1n) is 8.01. The van der Waals surface area contributed by atoms with Crippen LogP contribution in [0.3, 0.4) is 0 Å². The smallest absolute Gasteiger partial charge is 0.251 e. The van der Waals surface area contributed by atoms with Gasteiger partial charge in [-0.15, -0.1) is 0 Å². The number of benzene rings is 1. The second kappa shape index (κ2) is 7.42. The van der Waals surface area contributed by atoms with Gasteiger partial charge in [0.1, 0.15) is 0 Å². The Hall–Kier alpha value is -1.44. The maximum atomic E-state index is 12.8. The van der Waals surface area contributed by atoms with E-state index in [0.29, 0.717) is 25.2 Å². The number of sulfonamides is 1. The molecule has 7 heteroatoms. The van der Waals surface area contributed by atoms with Gasteiger partial charge in [0.2, 0.25) is 10.0 Å². The fourth-order valence-corrected chi connectivity index (χ4v) is 4.15. The molecule has 0 bridgehead atoms. The van der Waals surface area contributed by atoms with Gasteiger partial charge in [-0.05, 0) is 38.1 Å². The zero-order chi connectivity index (χ0) is 17.0. The number of nitrogens with one attached hydrogen (secondary N) is 1. The first-order valence-corrected chi connectivity index (χ1v) is 9.45. The van der Waals surface area contributed by atoms with E-state index in [9.17, 15) is 13.2 Å². The van der Waals surface area contributed by atoms with Crippen molar-refractivity contribution in [1.82, 2.24) is 14.5 Å². The Balaban J connectivity index is 2.26. The van der Waals surface area contributed by atoms with Crippen LogP contribution in [-0.2, 0) is 10.0 Å². The average Bonchev–Trinajstić information content (AvgIpc) is 2.55. The van der Waals surface area contributed by atoms with Gasteiger partial charge in [-0.1, -0.05) is 13.0 Å². The molecule has 1 saturated heterocycles. The molecular formula is C16H25N3O3S. The maximum Gasteiger partial charge on any atom is 0.251 e. The first-order chi connectivity index (χ1) is 10.9. The van der Waals surface area contributed by atoms with Crippen LogP contribution in [0.1, 0.15) is 29.8 Å². The summed E-state index contributed by atoms with van der Waals surface area (Å²) in [5, 5.41) is 2.72. The molecular weight excluding hydrogens is 314 g/mol. The van der Waals surface area contributed by atoms with Gasteiger partial charge in [-0.25, -0.2) is 8.42 Å². The van der Waals surface area contributed by atoms with Gasteiger partial charge in [0, 0.05) is 38.3 Å². The molecule has 0 aromatic heterocycles. The minimum Gasteiger partial charge on any atom is -0.352 e. The fraction of sp³-hybridized carbons (Fsp3) is 0.562. The second-order valence-electron chi connectivity index (χ2n) is 5.67. The van der Waals surface area contributed by atoms with Gasteiger partial charge in [-0.2, -0.15) is 4.31 Å². The normalized spacial score (nSPS) is 17.2. The van der Waals surface area contributed by atoms with Crippen LogP contribution in [0.5, 0.6) is 0 Å². The molecule has 0 spiro atoms. The number of rotatable bonds is 5. The van der Waals surface area contributed by atoms with E-state index in [2.05, 4.69) is 17.1 Å². The SMILES string of the molecule is CCNC(=O)c1cc(S(=O)(=O)N2CCN(CC)CC2)ccc1C. The highest BCUT2D eigenvalue weighted by Crippen LogP contribution is 2.21. The summed E-state index contributed by atoms with van der Waals surface area (Å²) in [7, 11) is -3.55. The van der Waals surface area contributed by atoms with E-state index >= 15 is 0 Å². The lowest BCUT2D eigenvalue weighted by atomic mass is 10.1. The van der Waals surface area contributed by atoms with Crippen LogP contribution in [0.4, 0.5) is 0 Å². The quantitative estimate of drug-likeness (QED) is 0.871. The molecule has 23 heavy (non-hydrogen) atoms. The highest BCUT2D eigenvalue weighted by Gasteiger charge is 2.28. The van der Waals surface area contributed by atoms with Crippen LogP contribution in [0, 0.1) is 6.92 Å². The molecule has 0 radical (unpaired) electrons. The standard InChI is InChI=1S/C16H25N3O3S/c1-4-17-16(20)15-12-14(7-6-13(15)3)23(21,22)19-10-8-18(5-2)9-11-19/h6-7,12H,4-5,8-11H2,1-3H3,(H,17,20). The Labute approximate surface area is 138 Å². The number of likely N-dealkylation sites (N-methyl/N-ethyl adjacent to an activating group) is 1. The third-order valence-corrected chi connectivity index (χ3v) is 6.10. The lowest BCUT2D eigenvalue weighted by Crippen LogP contribution is -2.48. The van der Waals surface area contributed by atoms with E-state index < -0.39 is 10.0 Å². The Morgan fingerprint density at radius 1 is 1.17 bits per heavy atom. The number of aryl methyl sites for hydroxylation is 1. The summed E-state index contributed by atoms with van der Waals surface area (Å²) in [6.07, 6.45) is 0. The van der Waals surface area contributed by atoms with Gasteiger partial charge in [0.15, 0.2) is 0 Å². The lowest BCUT2D eigenvalue weighted by Gasteiger charge is -2.33. The van der Waals surface area contributed by atoms with E-state index in [4.69, 9.17) is 0 Å². The average molecular weight is 339 g/mol. The topological polar surface area (TPSA) is 69.7 Å². The minimum atomic E-state index is -3.55. The fourth-order valence-electron chi connectivity index (χ4n) is 2.70. The van der Waals surface area contributed by atoms with Crippen LogP contribution < -0.4 is 5.32 Å². The molecule has 1 aromatic carbocycles. The molecule has 1 heterocycles. The van der Waals surface area contributed by atoms with Crippen molar-refractivity contribution in [2.45, 2.75) is 25.7 Å². The molecule has 1 aliphatic heterocycles. The van der Waals surface area contributed by atoms with Crippen LogP contribution in [0.25, 0.3) is 0 Å². The molecule has 0 aliphatic carbocycles. The highest BCUT2D eigenvalue weighted by atomic mass is 32.2. The number of nitrogens with zero attached hydrogens (tertiary/aromatic N) is 2. The van der Waals surface area contributed by atoms with E-state index in [1.54, 1.807) is 19.1 Å². The number of piperazine rings is 1. The third kappa shape index (κ3) is 3.91. The molecule has 1 aromatic rings. The summed E-state index contributed by atoms with van der Waals surface area (Å²) in [6, 6.07) is 4.77. The number of hydrogen-bond acceptors (Lipinski definition) is 4. The van der Waals surface area contributed by atoms with Gasteiger partial charge < -0.3 is 10.2 Å². The number of carbonyl (C=O) groups is 1. The summed E-state index contributed by atoms with van der Waals surface area (Å²) in [6.45, 7) is 9.61. The molecule has 1 aliphatic rings. The van der Waals surface area contributed by atoms with Gasteiger partial charge in [-0.3, -0.25) is 4.79 Å². The Bertz CT molecular complexity index is 665. The Morgan fingerprint density at radius 3 is 2.39 bits per heavy atom. The molecule has 2 rings (SSSR count). The van der Waals surface area contributed by atoms with Crippen LogP contribution in [0.2, 0.25) is 0 Å². The summed E-state index contributed by atoms with van der Waals surface area (Å²) < 4.78 is 27.1. The highest BCUT2D eigenvalue weighted by molar-refractivity contribution is 7.89. The van der Waals surface area contributed by atoms with Crippen molar-refractivity contribution in [3.63, 3.8) is 0 Å². The molecule has 1 N–H and O–H groups in total.